The molecule has 0 atom stereocenters. The van der Waals surface area contributed by atoms with Crippen LogP contribution in [-0.4, -0.2) is 40.1 Å². The quantitative estimate of drug-likeness (QED) is 0.795. The first-order chi connectivity index (χ1) is 14.4. The van der Waals surface area contributed by atoms with Crippen molar-refractivity contribution in [3.05, 3.63) is 35.7 Å². The van der Waals surface area contributed by atoms with E-state index in [1.807, 2.05) is 0 Å². The van der Waals surface area contributed by atoms with Gasteiger partial charge in [0.25, 0.3) is 0 Å². The first-order valence-corrected chi connectivity index (χ1v) is 11.3. The van der Waals surface area contributed by atoms with Gasteiger partial charge in [-0.25, -0.2) is 0 Å². The summed E-state index contributed by atoms with van der Waals surface area (Å²) in [7, 11) is 0. The van der Waals surface area contributed by atoms with E-state index in [2.05, 4.69) is 65.4 Å². The average Bonchev–Trinajstić information content (AvgIpc) is 3.40. The predicted octanol–water partition coefficient (Wildman–Crippen LogP) is 4.30. The molecule has 1 aliphatic heterocycles. The molecule has 4 rings (SSSR count). The van der Waals surface area contributed by atoms with E-state index in [0.717, 1.165) is 44.3 Å². The molecule has 0 unspecified atom stereocenters. The van der Waals surface area contributed by atoms with Crippen LogP contribution in [0.4, 0.5) is 0 Å². The summed E-state index contributed by atoms with van der Waals surface area (Å²) in [5.41, 5.74) is 2.39. The molecule has 162 valence electrons. The Balaban J connectivity index is 1.28. The minimum absolute atomic E-state index is 0.126. The van der Waals surface area contributed by atoms with E-state index in [1.165, 1.54) is 18.4 Å². The molecule has 30 heavy (non-hydrogen) atoms. The molecule has 0 spiro atoms. The molecule has 2 heterocycles. The van der Waals surface area contributed by atoms with Crippen LogP contribution in [0, 0.1) is 5.92 Å². The molecule has 1 saturated carbocycles. The van der Waals surface area contributed by atoms with E-state index in [0.29, 0.717) is 24.3 Å². The van der Waals surface area contributed by atoms with Crippen molar-refractivity contribution in [3.8, 4) is 11.4 Å². The second-order valence-electron chi connectivity index (χ2n) is 9.88. The number of nitrogens with zero attached hydrogens (tertiary/aromatic N) is 3. The smallest absolute Gasteiger partial charge is 0.241 e. The lowest BCUT2D eigenvalue weighted by atomic mass is 9.87. The largest absolute Gasteiger partial charge is 0.353 e. The maximum absolute atomic E-state index is 12.5. The van der Waals surface area contributed by atoms with Crippen LogP contribution in [0.5, 0.6) is 0 Å². The van der Waals surface area contributed by atoms with Gasteiger partial charge in [-0.3, -0.25) is 9.69 Å². The molecule has 6 heteroatoms. The fourth-order valence-electron chi connectivity index (χ4n) is 4.49. The highest BCUT2D eigenvalue weighted by atomic mass is 16.5. The third-order valence-corrected chi connectivity index (χ3v) is 6.50. The number of piperidine rings is 1. The highest BCUT2D eigenvalue weighted by Gasteiger charge is 2.28. The topological polar surface area (TPSA) is 71.3 Å². The molecule has 0 radical (unpaired) electrons. The van der Waals surface area contributed by atoms with Crippen molar-refractivity contribution in [2.24, 2.45) is 5.92 Å². The fraction of sp³-hybridized carbons (Fsp3) is 0.625. The lowest BCUT2D eigenvalue weighted by molar-refractivity contribution is -0.127. The number of carbonyl (C=O) groups excluding carboxylic acids is 1. The van der Waals surface area contributed by atoms with Crippen molar-refractivity contribution in [3.63, 3.8) is 0 Å². The van der Waals surface area contributed by atoms with Gasteiger partial charge in [0.15, 0.2) is 0 Å². The summed E-state index contributed by atoms with van der Waals surface area (Å²) in [5, 5.41) is 7.42. The van der Waals surface area contributed by atoms with Gasteiger partial charge in [-0.2, -0.15) is 4.98 Å². The summed E-state index contributed by atoms with van der Waals surface area (Å²) < 4.78 is 5.50. The summed E-state index contributed by atoms with van der Waals surface area (Å²) in [6, 6.07) is 8.79. The second-order valence-corrected chi connectivity index (χ2v) is 9.88. The van der Waals surface area contributed by atoms with Crippen molar-refractivity contribution in [2.75, 3.05) is 13.1 Å². The number of hydrogen-bond donors (Lipinski definition) is 1. The van der Waals surface area contributed by atoms with Gasteiger partial charge in [0, 0.05) is 17.5 Å². The molecule has 1 aliphatic carbocycles. The number of benzene rings is 1. The van der Waals surface area contributed by atoms with E-state index in [9.17, 15) is 4.79 Å². The molecule has 2 aromatic rings. The molecule has 1 aromatic heterocycles. The summed E-state index contributed by atoms with van der Waals surface area (Å²) in [6.45, 7) is 9.04. The van der Waals surface area contributed by atoms with Crippen LogP contribution in [-0.2, 0) is 16.8 Å². The highest BCUT2D eigenvalue weighted by Crippen LogP contribution is 2.26. The Kier molecular flexibility index (Phi) is 6.23. The Morgan fingerprint density at radius 3 is 2.40 bits per heavy atom. The Morgan fingerprint density at radius 1 is 1.10 bits per heavy atom. The van der Waals surface area contributed by atoms with E-state index >= 15 is 0 Å². The zero-order valence-electron chi connectivity index (χ0n) is 18.5. The van der Waals surface area contributed by atoms with Crippen LogP contribution in [0.3, 0.4) is 0 Å². The number of hydrogen-bond acceptors (Lipinski definition) is 5. The zero-order valence-corrected chi connectivity index (χ0v) is 18.5. The van der Waals surface area contributed by atoms with Crippen molar-refractivity contribution in [1.82, 2.24) is 20.4 Å². The summed E-state index contributed by atoms with van der Waals surface area (Å²) in [6.07, 6.45) is 6.57. The molecular formula is C24H34N4O2. The molecule has 6 nitrogen and oxygen atoms in total. The number of aromatic nitrogens is 2. The number of likely N-dealkylation sites (tertiary alicyclic amines) is 1. The van der Waals surface area contributed by atoms with Gasteiger partial charge in [-0.05, 0) is 49.8 Å². The first kappa shape index (κ1) is 21.0. The van der Waals surface area contributed by atoms with E-state index in [4.69, 9.17) is 4.52 Å². The molecule has 0 bridgehead atoms. The average molecular weight is 411 g/mol. The minimum Gasteiger partial charge on any atom is -0.353 e. The normalized spacial score (nSPS) is 19.3. The van der Waals surface area contributed by atoms with Gasteiger partial charge in [0.05, 0.1) is 6.54 Å². The van der Waals surface area contributed by atoms with E-state index in [1.54, 1.807) is 0 Å². The third kappa shape index (κ3) is 5.09. The molecule has 1 amide bonds. The van der Waals surface area contributed by atoms with Crippen LogP contribution in [0.2, 0.25) is 0 Å². The maximum atomic E-state index is 12.5. The van der Waals surface area contributed by atoms with E-state index in [-0.39, 0.29) is 17.2 Å². The van der Waals surface area contributed by atoms with Gasteiger partial charge in [0.2, 0.25) is 17.6 Å². The Hall–Kier alpha value is -2.21. The SMILES string of the molecule is CC(C)(C)c1ccc(-c2noc(CN3CCC(C(=O)NC4CCCC4)CC3)n2)cc1. The zero-order chi connectivity index (χ0) is 21.1. The standard InChI is InChI=1S/C24H34N4O2/c1-24(2,3)19-10-8-17(9-11-19)22-26-21(30-27-22)16-28-14-12-18(13-15-28)23(29)25-20-6-4-5-7-20/h8-11,18,20H,4-7,12-16H2,1-3H3,(H,25,29). The molecule has 1 aromatic carbocycles. The van der Waals surface area contributed by atoms with Gasteiger partial charge >= 0.3 is 0 Å². The fourth-order valence-corrected chi connectivity index (χ4v) is 4.49. The molecule has 1 N–H and O–H groups in total. The Labute approximate surface area is 179 Å². The maximum Gasteiger partial charge on any atom is 0.241 e. The lowest BCUT2D eigenvalue weighted by Crippen LogP contribution is -2.43. The molecular weight excluding hydrogens is 376 g/mol. The number of amides is 1. The summed E-state index contributed by atoms with van der Waals surface area (Å²) in [4.78, 5) is 19.4. The van der Waals surface area contributed by atoms with Gasteiger partial charge in [-0.15, -0.1) is 0 Å². The summed E-state index contributed by atoms with van der Waals surface area (Å²) in [5.74, 6) is 1.66. The minimum atomic E-state index is 0.126. The van der Waals surface area contributed by atoms with Crippen LogP contribution in [0.15, 0.2) is 28.8 Å². The molecule has 1 saturated heterocycles. The second kappa shape index (κ2) is 8.88. The number of rotatable bonds is 5. The third-order valence-electron chi connectivity index (χ3n) is 6.50. The van der Waals surface area contributed by atoms with Crippen LogP contribution in [0.25, 0.3) is 11.4 Å². The number of carbonyl (C=O) groups is 1. The van der Waals surface area contributed by atoms with Crippen molar-refractivity contribution >= 4 is 5.91 Å². The van der Waals surface area contributed by atoms with Gasteiger partial charge < -0.3 is 9.84 Å². The highest BCUT2D eigenvalue weighted by molar-refractivity contribution is 5.79. The lowest BCUT2D eigenvalue weighted by Gasteiger charge is -2.30. The molecule has 2 aliphatic rings. The monoisotopic (exact) mass is 410 g/mol. The van der Waals surface area contributed by atoms with E-state index < -0.39 is 0 Å². The van der Waals surface area contributed by atoms with Crippen LogP contribution in [0.1, 0.15) is 70.8 Å². The molecule has 2 fully saturated rings. The van der Waals surface area contributed by atoms with Gasteiger partial charge in [-0.1, -0.05) is 63.0 Å². The summed E-state index contributed by atoms with van der Waals surface area (Å²) >= 11 is 0. The van der Waals surface area contributed by atoms with Crippen molar-refractivity contribution < 1.29 is 9.32 Å². The van der Waals surface area contributed by atoms with Crippen LogP contribution >= 0.6 is 0 Å². The van der Waals surface area contributed by atoms with Gasteiger partial charge in [0.1, 0.15) is 0 Å². The van der Waals surface area contributed by atoms with Crippen molar-refractivity contribution in [1.29, 1.82) is 0 Å². The Bertz CT molecular complexity index is 839. The predicted molar refractivity (Wildman–Crippen MR) is 117 cm³/mol. The Morgan fingerprint density at radius 2 is 1.77 bits per heavy atom. The first-order valence-electron chi connectivity index (χ1n) is 11.3. The van der Waals surface area contributed by atoms with Crippen LogP contribution < -0.4 is 5.32 Å². The number of nitrogens with one attached hydrogen (secondary N) is 1. The van der Waals surface area contributed by atoms with Crippen molar-refractivity contribution in [2.45, 2.75) is 77.3 Å².